The van der Waals surface area contributed by atoms with Crippen molar-refractivity contribution in [1.29, 1.82) is 5.26 Å². The Morgan fingerprint density at radius 2 is 2.05 bits per heavy atom. The number of hydrogen-bond donors (Lipinski definition) is 3. The Bertz CT molecular complexity index is 1860. The molecule has 2 aromatic carbocycles. The van der Waals surface area contributed by atoms with Crippen LogP contribution in [-0.4, -0.2) is 35.4 Å². The van der Waals surface area contributed by atoms with Crippen LogP contribution in [-0.2, 0) is 16.6 Å². The topological polar surface area (TPSA) is 155 Å². The van der Waals surface area contributed by atoms with E-state index in [2.05, 4.69) is 25.3 Å². The third-order valence-corrected chi connectivity index (χ3v) is 7.17. The predicted octanol–water partition coefficient (Wildman–Crippen LogP) is 3.99. The fourth-order valence-corrected chi connectivity index (χ4v) is 5.09. The summed E-state index contributed by atoms with van der Waals surface area (Å²) in [5.41, 5.74) is 7.36. The molecule has 39 heavy (non-hydrogen) atoms. The average Bonchev–Trinajstić information content (AvgIpc) is 3.48. The number of imidazole rings is 1. The van der Waals surface area contributed by atoms with Gasteiger partial charge in [0.05, 0.1) is 16.3 Å². The van der Waals surface area contributed by atoms with Gasteiger partial charge in [-0.05, 0) is 36.2 Å². The molecule has 10 nitrogen and oxygen atoms in total. The van der Waals surface area contributed by atoms with Gasteiger partial charge in [-0.3, -0.25) is 4.79 Å². The number of phenolic OH excluding ortho intramolecular Hbond substituents is 1. The van der Waals surface area contributed by atoms with Gasteiger partial charge in [0, 0.05) is 25.0 Å². The standard InChI is InChI=1S/C27H18ClFN8O2/c1-27(14-9-16(28)15(11-30)20(38)10-14)21-22(31)34-23(35-24(21)36-26(27)39)19-12-37-7-6-32-25(37)18(33-19)8-13-4-2-3-5-17(13)29/h2-7,9-10,12,38H,8H2,1H3,(H3,31,34,35,36,39). The van der Waals surface area contributed by atoms with Gasteiger partial charge in [-0.15, -0.1) is 0 Å². The van der Waals surface area contributed by atoms with E-state index in [0.29, 0.717) is 33.7 Å². The van der Waals surface area contributed by atoms with Gasteiger partial charge in [-0.1, -0.05) is 29.8 Å². The molecular weight excluding hydrogens is 523 g/mol. The van der Waals surface area contributed by atoms with Gasteiger partial charge in [0.25, 0.3) is 0 Å². The molecule has 0 bridgehead atoms. The van der Waals surface area contributed by atoms with Gasteiger partial charge in [-0.25, -0.2) is 24.3 Å². The summed E-state index contributed by atoms with van der Waals surface area (Å²) in [6.07, 6.45) is 5.18. The number of nitriles is 1. The highest BCUT2D eigenvalue weighted by molar-refractivity contribution is 6.32. The van der Waals surface area contributed by atoms with Crippen molar-refractivity contribution < 1.29 is 14.3 Å². The molecule has 1 amide bonds. The summed E-state index contributed by atoms with van der Waals surface area (Å²) >= 11 is 6.20. The average molecular weight is 541 g/mol. The van der Waals surface area contributed by atoms with Crippen LogP contribution in [0.25, 0.3) is 17.2 Å². The summed E-state index contributed by atoms with van der Waals surface area (Å²) in [4.78, 5) is 31.3. The number of halogens is 2. The van der Waals surface area contributed by atoms with E-state index in [1.165, 1.54) is 18.2 Å². The van der Waals surface area contributed by atoms with E-state index in [4.69, 9.17) is 17.3 Å². The number of nitrogens with zero attached hydrogens (tertiary/aromatic N) is 6. The van der Waals surface area contributed by atoms with Crippen LogP contribution in [0, 0.1) is 17.1 Å². The highest BCUT2D eigenvalue weighted by Gasteiger charge is 2.48. The van der Waals surface area contributed by atoms with E-state index in [-0.39, 0.29) is 46.0 Å². The maximum absolute atomic E-state index is 14.4. The van der Waals surface area contributed by atoms with Crippen LogP contribution in [0.15, 0.2) is 55.0 Å². The van der Waals surface area contributed by atoms with Gasteiger partial charge in [0.15, 0.2) is 11.5 Å². The van der Waals surface area contributed by atoms with Gasteiger partial charge >= 0.3 is 0 Å². The molecule has 12 heteroatoms. The Labute approximate surface area is 225 Å². The summed E-state index contributed by atoms with van der Waals surface area (Å²) in [5.74, 6) is -0.856. The molecule has 0 radical (unpaired) electrons. The number of hydrogen-bond acceptors (Lipinski definition) is 8. The molecule has 1 aliphatic heterocycles. The zero-order valence-corrected chi connectivity index (χ0v) is 21.0. The number of benzene rings is 2. The van der Waals surface area contributed by atoms with Crippen LogP contribution in [0.1, 0.15) is 34.9 Å². The van der Waals surface area contributed by atoms with Crippen LogP contribution >= 0.6 is 11.6 Å². The Balaban J connectivity index is 1.47. The smallest absolute Gasteiger partial charge is 0.240 e. The lowest BCUT2D eigenvalue weighted by Crippen LogP contribution is -2.33. The molecule has 0 saturated heterocycles. The first-order valence-electron chi connectivity index (χ1n) is 11.7. The molecule has 6 rings (SSSR count). The summed E-state index contributed by atoms with van der Waals surface area (Å²) in [5, 5.41) is 22.3. The molecule has 192 valence electrons. The number of phenols is 1. The maximum atomic E-state index is 14.4. The summed E-state index contributed by atoms with van der Waals surface area (Å²) in [6.45, 7) is 1.60. The lowest BCUT2D eigenvalue weighted by molar-refractivity contribution is -0.119. The number of anilines is 2. The lowest BCUT2D eigenvalue weighted by Gasteiger charge is -2.24. The third kappa shape index (κ3) is 3.72. The summed E-state index contributed by atoms with van der Waals surface area (Å²) in [7, 11) is 0. The molecule has 3 aromatic heterocycles. The van der Waals surface area contributed by atoms with Crippen LogP contribution in [0.2, 0.25) is 5.02 Å². The third-order valence-electron chi connectivity index (χ3n) is 6.87. The van der Waals surface area contributed by atoms with Crippen LogP contribution in [0.5, 0.6) is 5.75 Å². The molecule has 4 N–H and O–H groups in total. The maximum Gasteiger partial charge on any atom is 0.240 e. The number of nitrogen functional groups attached to an aromatic ring is 1. The van der Waals surface area contributed by atoms with Gasteiger partial charge < -0.3 is 20.6 Å². The Hall–Kier alpha value is -5.08. The SMILES string of the molecule is CC1(c2cc(O)c(C#N)c(Cl)c2)C(=O)Nc2nc(-c3cn4ccnc4c(Cc4ccccc4F)n3)nc(N)c21. The summed E-state index contributed by atoms with van der Waals surface area (Å²) in [6, 6.07) is 11.0. The Kier molecular flexibility index (Phi) is 5.44. The second-order valence-corrected chi connectivity index (χ2v) is 9.61. The van der Waals surface area contributed by atoms with E-state index in [1.807, 2.05) is 6.07 Å². The molecule has 5 aromatic rings. The number of carbonyl (C=O) groups is 1. The molecule has 0 spiro atoms. The van der Waals surface area contributed by atoms with Crippen molar-refractivity contribution in [3.8, 4) is 23.3 Å². The minimum absolute atomic E-state index is 0.00805. The second-order valence-electron chi connectivity index (χ2n) is 9.20. The minimum atomic E-state index is -1.40. The normalized spacial score (nSPS) is 16.2. The van der Waals surface area contributed by atoms with E-state index in [9.17, 15) is 19.6 Å². The second kappa shape index (κ2) is 8.75. The van der Waals surface area contributed by atoms with Crippen molar-refractivity contribution in [2.24, 2.45) is 0 Å². The van der Waals surface area contributed by atoms with E-state index < -0.39 is 11.3 Å². The molecule has 0 saturated carbocycles. The quantitative estimate of drug-likeness (QED) is 0.309. The fraction of sp³-hybridized carbons (Fsp3) is 0.111. The molecule has 0 aliphatic carbocycles. The number of amides is 1. The number of aromatic nitrogens is 5. The van der Waals surface area contributed by atoms with Crippen molar-refractivity contribution in [3.05, 3.63) is 93.8 Å². The zero-order chi connectivity index (χ0) is 27.5. The first-order chi connectivity index (χ1) is 18.7. The van der Waals surface area contributed by atoms with Crippen molar-refractivity contribution in [1.82, 2.24) is 24.3 Å². The molecule has 1 unspecified atom stereocenters. The Morgan fingerprint density at radius 1 is 1.26 bits per heavy atom. The number of nitrogens with two attached hydrogens (primary N) is 1. The first-order valence-corrected chi connectivity index (χ1v) is 12.1. The zero-order valence-electron chi connectivity index (χ0n) is 20.3. The molecule has 1 atom stereocenters. The van der Waals surface area contributed by atoms with E-state index in [1.54, 1.807) is 48.1 Å². The fourth-order valence-electron chi connectivity index (χ4n) is 4.83. The summed E-state index contributed by atoms with van der Waals surface area (Å²) < 4.78 is 16.1. The van der Waals surface area contributed by atoms with E-state index in [0.717, 1.165) is 0 Å². The predicted molar refractivity (Wildman–Crippen MR) is 141 cm³/mol. The molecular formula is C27H18ClFN8O2. The van der Waals surface area contributed by atoms with Gasteiger partial charge in [0.1, 0.15) is 45.9 Å². The van der Waals surface area contributed by atoms with Crippen LogP contribution in [0.4, 0.5) is 16.0 Å². The van der Waals surface area contributed by atoms with Crippen molar-refractivity contribution >= 4 is 34.8 Å². The van der Waals surface area contributed by atoms with Crippen molar-refractivity contribution in [3.63, 3.8) is 0 Å². The van der Waals surface area contributed by atoms with Gasteiger partial charge in [-0.2, -0.15) is 5.26 Å². The number of nitrogens with one attached hydrogen (secondary N) is 1. The molecule has 0 fully saturated rings. The molecule has 1 aliphatic rings. The highest BCUT2D eigenvalue weighted by Crippen LogP contribution is 2.46. The van der Waals surface area contributed by atoms with Crippen LogP contribution < -0.4 is 11.1 Å². The monoisotopic (exact) mass is 540 g/mol. The largest absolute Gasteiger partial charge is 0.507 e. The van der Waals surface area contributed by atoms with Crippen molar-refractivity contribution in [2.75, 3.05) is 11.1 Å². The number of rotatable bonds is 4. The number of carbonyl (C=O) groups excluding carboxylic acids is 1. The number of aromatic hydroxyl groups is 1. The first kappa shape index (κ1) is 24.3. The number of fused-ring (bicyclic) bond motifs is 2. The molecule has 4 heterocycles. The van der Waals surface area contributed by atoms with Gasteiger partial charge in [0.2, 0.25) is 5.91 Å². The lowest BCUT2D eigenvalue weighted by atomic mass is 9.77. The highest BCUT2D eigenvalue weighted by atomic mass is 35.5. The minimum Gasteiger partial charge on any atom is -0.507 e. The van der Waals surface area contributed by atoms with E-state index >= 15 is 0 Å². The van der Waals surface area contributed by atoms with Crippen LogP contribution in [0.3, 0.4) is 0 Å². The Morgan fingerprint density at radius 3 is 2.79 bits per heavy atom. The van der Waals surface area contributed by atoms with Crippen molar-refractivity contribution in [2.45, 2.75) is 18.8 Å².